The minimum Gasteiger partial charge on any atom is -0.340 e. The summed E-state index contributed by atoms with van der Waals surface area (Å²) in [5.41, 5.74) is -0.0851. The Hall–Kier alpha value is -0.0500. The number of hydrogen-bond acceptors (Lipinski definition) is 1. The van der Waals surface area contributed by atoms with Gasteiger partial charge in [-0.05, 0) is 20.3 Å². The van der Waals surface area contributed by atoms with E-state index in [1.807, 2.05) is 11.9 Å². The number of unbranched alkanes of at least 4 members (excludes halogenated alkanes) is 6. The van der Waals surface area contributed by atoms with Crippen molar-refractivity contribution in [2.24, 2.45) is 0 Å². The molecule has 0 N–H and O–H groups in total. The third-order valence-corrected chi connectivity index (χ3v) is 4.98. The molecule has 0 saturated heterocycles. The summed E-state index contributed by atoms with van der Waals surface area (Å²) in [6.45, 7) is 6.41. The monoisotopic (exact) mass is 319 g/mol. The van der Waals surface area contributed by atoms with Crippen LogP contribution in [0.5, 0.6) is 0 Å². The summed E-state index contributed by atoms with van der Waals surface area (Å²) in [6.07, 6.45) is 9.52. The topological polar surface area (TPSA) is 20.3 Å². The molecule has 2 nitrogen and oxygen atoms in total. The molecular formula is C15H30BrNO. The molecule has 0 spiro atoms. The summed E-state index contributed by atoms with van der Waals surface area (Å²) >= 11 is 3.46. The zero-order valence-electron chi connectivity index (χ0n) is 12.6. The van der Waals surface area contributed by atoms with Crippen molar-refractivity contribution in [1.29, 1.82) is 0 Å². The van der Waals surface area contributed by atoms with Gasteiger partial charge in [-0.2, -0.15) is 0 Å². The van der Waals surface area contributed by atoms with E-state index in [9.17, 15) is 4.79 Å². The van der Waals surface area contributed by atoms with Gasteiger partial charge in [-0.1, -0.05) is 61.4 Å². The number of nitrogens with zero attached hydrogens (tertiary/aromatic N) is 1. The summed E-state index contributed by atoms with van der Waals surface area (Å²) in [7, 11) is 1.91. The molecule has 3 heteroatoms. The normalized spacial score (nSPS) is 11.6. The van der Waals surface area contributed by atoms with Crippen LogP contribution in [-0.2, 0) is 4.79 Å². The maximum atomic E-state index is 12.0. The zero-order valence-corrected chi connectivity index (χ0v) is 14.2. The van der Waals surface area contributed by atoms with Gasteiger partial charge in [0, 0.05) is 24.3 Å². The minimum atomic E-state index is -0.0851. The molecule has 0 aromatic rings. The minimum absolute atomic E-state index is 0.0851. The van der Waals surface area contributed by atoms with E-state index in [2.05, 4.69) is 36.7 Å². The first kappa shape index (κ1) is 17.9. The fraction of sp³-hybridized carbons (Fsp3) is 0.933. The predicted molar refractivity (Wildman–Crippen MR) is 83.3 cm³/mol. The molecule has 0 unspecified atom stereocenters. The van der Waals surface area contributed by atoms with E-state index in [1.165, 1.54) is 38.5 Å². The quantitative estimate of drug-likeness (QED) is 0.420. The number of rotatable bonds is 10. The van der Waals surface area contributed by atoms with Crippen LogP contribution in [0.1, 0.15) is 72.1 Å². The van der Waals surface area contributed by atoms with Crippen LogP contribution in [-0.4, -0.2) is 28.7 Å². The number of alkyl halides is 1. The van der Waals surface area contributed by atoms with Gasteiger partial charge in [0.2, 0.25) is 5.91 Å². The molecule has 0 aromatic carbocycles. The van der Waals surface area contributed by atoms with Gasteiger partial charge in [-0.15, -0.1) is 0 Å². The molecule has 0 fully saturated rings. The summed E-state index contributed by atoms with van der Waals surface area (Å²) in [6, 6.07) is 0. The average molecular weight is 320 g/mol. The number of halogens is 1. The molecule has 0 rings (SSSR count). The van der Waals surface area contributed by atoms with Crippen molar-refractivity contribution in [2.75, 3.05) is 12.4 Å². The van der Waals surface area contributed by atoms with Crippen LogP contribution in [0.25, 0.3) is 0 Å². The smallest absolute Gasteiger partial charge is 0.222 e. The van der Waals surface area contributed by atoms with Crippen molar-refractivity contribution in [2.45, 2.75) is 77.7 Å². The largest absolute Gasteiger partial charge is 0.340 e. The fourth-order valence-corrected chi connectivity index (χ4v) is 2.20. The maximum Gasteiger partial charge on any atom is 0.222 e. The lowest BCUT2D eigenvalue weighted by atomic mass is 10.0. The lowest BCUT2D eigenvalue weighted by Gasteiger charge is -2.34. The fourth-order valence-electron chi connectivity index (χ4n) is 1.83. The Labute approximate surface area is 122 Å². The molecule has 1 amide bonds. The van der Waals surface area contributed by atoms with Crippen molar-refractivity contribution in [1.82, 2.24) is 4.90 Å². The highest BCUT2D eigenvalue weighted by Crippen LogP contribution is 2.17. The Morgan fingerprint density at radius 1 is 1.06 bits per heavy atom. The first-order valence-electron chi connectivity index (χ1n) is 7.28. The average Bonchev–Trinajstić information content (AvgIpc) is 2.36. The van der Waals surface area contributed by atoms with Gasteiger partial charge in [-0.3, -0.25) is 4.79 Å². The van der Waals surface area contributed by atoms with E-state index in [-0.39, 0.29) is 11.4 Å². The number of carbonyl (C=O) groups excluding carboxylic acids is 1. The predicted octanol–water partition coefficient (Wildman–Crippen LogP) is 4.76. The third kappa shape index (κ3) is 7.40. The Morgan fingerprint density at radius 2 is 1.56 bits per heavy atom. The van der Waals surface area contributed by atoms with Crippen molar-refractivity contribution < 1.29 is 4.79 Å². The van der Waals surface area contributed by atoms with Gasteiger partial charge in [0.15, 0.2) is 0 Å². The second-order valence-electron chi connectivity index (χ2n) is 5.77. The molecule has 0 bridgehead atoms. The first-order chi connectivity index (χ1) is 8.45. The van der Waals surface area contributed by atoms with Gasteiger partial charge in [0.25, 0.3) is 0 Å². The van der Waals surface area contributed by atoms with E-state index in [4.69, 9.17) is 0 Å². The first-order valence-corrected chi connectivity index (χ1v) is 8.40. The number of carbonyl (C=O) groups is 1. The molecule has 0 heterocycles. The second kappa shape index (κ2) is 9.82. The van der Waals surface area contributed by atoms with Crippen LogP contribution in [0, 0.1) is 0 Å². The molecular weight excluding hydrogens is 290 g/mol. The van der Waals surface area contributed by atoms with Crippen LogP contribution in [0.15, 0.2) is 0 Å². The molecule has 0 radical (unpaired) electrons. The van der Waals surface area contributed by atoms with E-state index >= 15 is 0 Å². The summed E-state index contributed by atoms with van der Waals surface area (Å²) < 4.78 is 0. The highest BCUT2D eigenvalue weighted by molar-refractivity contribution is 9.09. The molecule has 0 aliphatic carbocycles. The number of hydrogen-bond donors (Lipinski definition) is 0. The zero-order chi connectivity index (χ0) is 14.0. The second-order valence-corrected chi connectivity index (χ2v) is 6.33. The van der Waals surface area contributed by atoms with Crippen LogP contribution in [0.2, 0.25) is 0 Å². The Balaban J connectivity index is 3.65. The Kier molecular flexibility index (Phi) is 9.80. The Morgan fingerprint density at radius 3 is 2.06 bits per heavy atom. The van der Waals surface area contributed by atoms with Gasteiger partial charge < -0.3 is 4.90 Å². The summed E-state index contributed by atoms with van der Waals surface area (Å²) in [5, 5.41) is 0.819. The van der Waals surface area contributed by atoms with Crippen molar-refractivity contribution >= 4 is 21.8 Å². The molecule has 108 valence electrons. The SMILES string of the molecule is CCCCCCCCCC(=O)N(C)C(C)(C)CBr. The van der Waals surface area contributed by atoms with E-state index in [0.717, 1.165) is 11.8 Å². The van der Waals surface area contributed by atoms with E-state index in [0.29, 0.717) is 6.42 Å². The molecule has 0 aliphatic heterocycles. The molecule has 0 saturated carbocycles. The lowest BCUT2D eigenvalue weighted by molar-refractivity contribution is -0.134. The third-order valence-electron chi connectivity index (χ3n) is 3.60. The molecule has 0 aromatic heterocycles. The molecule has 0 atom stereocenters. The maximum absolute atomic E-state index is 12.0. The molecule has 0 aliphatic rings. The van der Waals surface area contributed by atoms with Crippen LogP contribution >= 0.6 is 15.9 Å². The van der Waals surface area contributed by atoms with E-state index in [1.54, 1.807) is 0 Å². The van der Waals surface area contributed by atoms with Crippen LogP contribution in [0.4, 0.5) is 0 Å². The standard InChI is InChI=1S/C15H30BrNO/c1-5-6-7-8-9-10-11-12-14(18)17(4)15(2,3)13-16/h5-13H2,1-4H3. The van der Waals surface area contributed by atoms with E-state index < -0.39 is 0 Å². The Bertz CT molecular complexity index is 229. The van der Waals surface area contributed by atoms with Crippen LogP contribution < -0.4 is 0 Å². The summed E-state index contributed by atoms with van der Waals surface area (Å²) in [4.78, 5) is 13.9. The van der Waals surface area contributed by atoms with Gasteiger partial charge >= 0.3 is 0 Å². The van der Waals surface area contributed by atoms with Crippen LogP contribution in [0.3, 0.4) is 0 Å². The highest BCUT2D eigenvalue weighted by atomic mass is 79.9. The van der Waals surface area contributed by atoms with Gasteiger partial charge in [0.05, 0.1) is 0 Å². The summed E-state index contributed by atoms with van der Waals surface area (Å²) in [5.74, 6) is 0.271. The van der Waals surface area contributed by atoms with Gasteiger partial charge in [0.1, 0.15) is 0 Å². The molecule has 18 heavy (non-hydrogen) atoms. The lowest BCUT2D eigenvalue weighted by Crippen LogP contribution is -2.46. The van der Waals surface area contributed by atoms with Crippen molar-refractivity contribution in [3.05, 3.63) is 0 Å². The van der Waals surface area contributed by atoms with Crippen molar-refractivity contribution in [3.8, 4) is 0 Å². The highest BCUT2D eigenvalue weighted by Gasteiger charge is 2.25. The number of amides is 1. The van der Waals surface area contributed by atoms with Crippen molar-refractivity contribution in [3.63, 3.8) is 0 Å². The van der Waals surface area contributed by atoms with Gasteiger partial charge in [-0.25, -0.2) is 0 Å².